The maximum absolute atomic E-state index is 12.7. The molecule has 0 saturated carbocycles. The van der Waals surface area contributed by atoms with E-state index in [0.717, 1.165) is 15.4 Å². The summed E-state index contributed by atoms with van der Waals surface area (Å²) in [7, 11) is 0. The third kappa shape index (κ3) is 6.80. The van der Waals surface area contributed by atoms with Crippen LogP contribution in [0.3, 0.4) is 0 Å². The van der Waals surface area contributed by atoms with Crippen molar-refractivity contribution < 1.29 is 27.8 Å². The zero-order chi connectivity index (χ0) is 23.3. The zero-order valence-corrected chi connectivity index (χ0v) is 19.0. The first-order valence-corrected chi connectivity index (χ1v) is 10.7. The Labute approximate surface area is 184 Å². The molecule has 0 spiro atoms. The molecule has 0 aliphatic heterocycles. The van der Waals surface area contributed by atoms with Gasteiger partial charge in [-0.05, 0) is 62.1 Å². The van der Waals surface area contributed by atoms with Crippen LogP contribution < -0.4 is 14.8 Å². The number of amides is 1. The lowest BCUT2D eigenvalue weighted by atomic mass is 10.0. The van der Waals surface area contributed by atoms with Gasteiger partial charge in [0.25, 0.3) is 0 Å². The summed E-state index contributed by atoms with van der Waals surface area (Å²) in [5, 5.41) is 0. The topological polar surface area (TPSA) is 122 Å². The van der Waals surface area contributed by atoms with Gasteiger partial charge in [-0.3, -0.25) is 8.51 Å². The first kappa shape index (κ1) is 24.4. The molecular formula is C22H27N2O6S-. The van der Waals surface area contributed by atoms with Gasteiger partial charge >= 0.3 is 12.1 Å². The first-order valence-electron chi connectivity index (χ1n) is 9.68. The molecule has 168 valence electrons. The molecule has 0 saturated heterocycles. The summed E-state index contributed by atoms with van der Waals surface area (Å²) in [5.41, 5.74) is 6.23. The minimum atomic E-state index is -2.69. The van der Waals surface area contributed by atoms with Crippen molar-refractivity contribution in [3.8, 4) is 16.9 Å². The van der Waals surface area contributed by atoms with Crippen LogP contribution in [0.25, 0.3) is 11.1 Å². The first-order chi connectivity index (χ1) is 14.4. The Morgan fingerprint density at radius 1 is 1.00 bits per heavy atom. The Hall–Kier alpha value is -2.91. The average Bonchev–Trinajstić information content (AvgIpc) is 2.64. The average molecular weight is 448 g/mol. The van der Waals surface area contributed by atoms with E-state index in [9.17, 15) is 18.4 Å². The van der Waals surface area contributed by atoms with Crippen molar-refractivity contribution in [3.63, 3.8) is 0 Å². The van der Waals surface area contributed by atoms with Gasteiger partial charge in [-0.2, -0.15) is 0 Å². The maximum Gasteiger partial charge on any atom is 0.409 e. The van der Waals surface area contributed by atoms with E-state index in [0.29, 0.717) is 11.4 Å². The number of ether oxygens (including phenoxy) is 2. The van der Waals surface area contributed by atoms with Crippen LogP contribution >= 0.6 is 0 Å². The lowest BCUT2D eigenvalue weighted by Crippen LogP contribution is -2.48. The molecule has 2 rings (SSSR count). The molecule has 1 amide bonds. The molecule has 2 N–H and O–H groups in total. The van der Waals surface area contributed by atoms with Gasteiger partial charge in [0.1, 0.15) is 17.4 Å². The van der Waals surface area contributed by atoms with Crippen LogP contribution in [0.2, 0.25) is 0 Å². The second-order valence-electron chi connectivity index (χ2n) is 8.26. The molecule has 0 radical (unpaired) electrons. The largest absolute Gasteiger partial charge is 0.755 e. The van der Waals surface area contributed by atoms with E-state index >= 15 is 0 Å². The number of rotatable bonds is 7. The smallest absolute Gasteiger partial charge is 0.409 e. The number of carbonyl (C=O) groups excluding carboxylic acids is 2. The molecule has 2 aromatic rings. The minimum absolute atomic E-state index is 0.315. The third-order valence-electron chi connectivity index (χ3n) is 4.22. The van der Waals surface area contributed by atoms with Crippen LogP contribution in [0, 0.1) is 5.92 Å². The number of anilines is 1. The Kier molecular flexibility index (Phi) is 7.80. The van der Waals surface area contributed by atoms with Gasteiger partial charge < -0.3 is 19.8 Å². The second kappa shape index (κ2) is 9.93. The normalized spacial score (nSPS) is 13.4. The monoisotopic (exact) mass is 447 g/mol. The lowest BCUT2D eigenvalue weighted by molar-refractivity contribution is -0.157. The standard InChI is InChI=1S/C22H28N2O6S/c1-14(2)19(20(25)30-22(3,4)5)24(31(27)28)17-10-6-15(7-11-17)16-8-12-18(13-9-16)29-21(23)26/h6-14,19H,1-5H3,(H2,23,26)(H,27,28)/p-1. The third-order valence-corrected chi connectivity index (χ3v) is 4.98. The van der Waals surface area contributed by atoms with Crippen LogP contribution in [-0.4, -0.2) is 32.5 Å². The maximum atomic E-state index is 12.7. The number of nitrogens with zero attached hydrogens (tertiary/aromatic N) is 1. The molecule has 9 heteroatoms. The molecule has 0 bridgehead atoms. The second-order valence-corrected chi connectivity index (χ2v) is 9.09. The van der Waals surface area contributed by atoms with Crippen molar-refractivity contribution >= 4 is 29.0 Å². The van der Waals surface area contributed by atoms with Gasteiger partial charge in [0, 0.05) is 17.0 Å². The predicted octanol–water partition coefficient (Wildman–Crippen LogP) is 3.78. The SMILES string of the molecule is CC(C)C(C(=O)OC(C)(C)C)N(c1ccc(-c2ccc(OC(N)=O)cc2)cc1)S(=O)[O-]. The van der Waals surface area contributed by atoms with Gasteiger partial charge in [-0.1, -0.05) is 38.1 Å². The van der Waals surface area contributed by atoms with Gasteiger partial charge in [-0.15, -0.1) is 0 Å². The van der Waals surface area contributed by atoms with Gasteiger partial charge in [0.15, 0.2) is 0 Å². The molecular weight excluding hydrogens is 420 g/mol. The summed E-state index contributed by atoms with van der Waals surface area (Å²) in [6.07, 6.45) is -0.896. The Morgan fingerprint density at radius 3 is 1.87 bits per heavy atom. The van der Waals surface area contributed by atoms with E-state index in [1.807, 2.05) is 0 Å². The summed E-state index contributed by atoms with van der Waals surface area (Å²) in [4.78, 5) is 23.6. The van der Waals surface area contributed by atoms with E-state index < -0.39 is 35.0 Å². The highest BCUT2D eigenvalue weighted by molar-refractivity contribution is 7.80. The van der Waals surface area contributed by atoms with Crippen molar-refractivity contribution in [3.05, 3.63) is 48.5 Å². The number of esters is 1. The number of hydrogen-bond acceptors (Lipinski definition) is 6. The molecule has 2 atom stereocenters. The number of carbonyl (C=O) groups is 2. The van der Waals surface area contributed by atoms with E-state index in [-0.39, 0.29) is 5.92 Å². The molecule has 2 unspecified atom stereocenters. The van der Waals surface area contributed by atoms with Crippen molar-refractivity contribution in [1.29, 1.82) is 0 Å². The molecule has 0 heterocycles. The van der Waals surface area contributed by atoms with E-state index in [2.05, 4.69) is 0 Å². The molecule has 0 aliphatic carbocycles. The fourth-order valence-electron chi connectivity index (χ4n) is 2.97. The van der Waals surface area contributed by atoms with Gasteiger partial charge in [-0.25, -0.2) is 9.59 Å². The summed E-state index contributed by atoms with van der Waals surface area (Å²) < 4.78 is 35.4. The van der Waals surface area contributed by atoms with Crippen molar-refractivity contribution in [2.45, 2.75) is 46.3 Å². The van der Waals surface area contributed by atoms with Crippen LogP contribution in [0.4, 0.5) is 10.5 Å². The van der Waals surface area contributed by atoms with E-state index in [1.54, 1.807) is 83.1 Å². The summed E-state index contributed by atoms with van der Waals surface area (Å²) in [6, 6.07) is 12.4. The lowest BCUT2D eigenvalue weighted by Gasteiger charge is -2.36. The van der Waals surface area contributed by atoms with Crippen molar-refractivity contribution in [1.82, 2.24) is 0 Å². The van der Waals surface area contributed by atoms with Crippen LogP contribution in [-0.2, 0) is 20.8 Å². The van der Waals surface area contributed by atoms with Crippen molar-refractivity contribution in [2.75, 3.05) is 4.31 Å². The van der Waals surface area contributed by atoms with E-state index in [1.165, 1.54) is 0 Å². The van der Waals surface area contributed by atoms with Gasteiger partial charge in [0.2, 0.25) is 0 Å². The summed E-state index contributed by atoms with van der Waals surface area (Å²) in [6.45, 7) is 8.72. The highest BCUT2D eigenvalue weighted by atomic mass is 32.2. The number of hydrogen-bond donors (Lipinski definition) is 1. The summed E-state index contributed by atoms with van der Waals surface area (Å²) in [5.74, 6) is -0.607. The molecule has 8 nitrogen and oxygen atoms in total. The molecule has 31 heavy (non-hydrogen) atoms. The number of benzene rings is 2. The Morgan fingerprint density at radius 2 is 1.48 bits per heavy atom. The van der Waals surface area contributed by atoms with Crippen LogP contribution in [0.5, 0.6) is 5.75 Å². The minimum Gasteiger partial charge on any atom is -0.755 e. The fourth-order valence-corrected chi connectivity index (χ4v) is 3.78. The fraction of sp³-hybridized carbons (Fsp3) is 0.364. The quantitative estimate of drug-likeness (QED) is 0.509. The molecule has 0 fully saturated rings. The number of nitrogens with two attached hydrogens (primary N) is 1. The molecule has 2 aromatic carbocycles. The molecule has 0 aliphatic rings. The Bertz CT molecular complexity index is 936. The predicted molar refractivity (Wildman–Crippen MR) is 118 cm³/mol. The summed E-state index contributed by atoms with van der Waals surface area (Å²) >= 11 is -2.69. The highest BCUT2D eigenvalue weighted by Crippen LogP contribution is 2.29. The Balaban J connectivity index is 2.32. The highest BCUT2D eigenvalue weighted by Gasteiger charge is 2.34. The van der Waals surface area contributed by atoms with Crippen LogP contribution in [0.1, 0.15) is 34.6 Å². The zero-order valence-electron chi connectivity index (χ0n) is 18.2. The molecule has 0 aromatic heterocycles. The van der Waals surface area contributed by atoms with Crippen molar-refractivity contribution in [2.24, 2.45) is 11.7 Å². The number of primary amides is 1. The van der Waals surface area contributed by atoms with E-state index in [4.69, 9.17) is 15.2 Å². The van der Waals surface area contributed by atoms with Crippen LogP contribution in [0.15, 0.2) is 48.5 Å². The van der Waals surface area contributed by atoms with Gasteiger partial charge in [0.05, 0.1) is 0 Å².